The van der Waals surface area contributed by atoms with E-state index in [2.05, 4.69) is 10.3 Å². The predicted molar refractivity (Wildman–Crippen MR) is 68.2 cm³/mol. The van der Waals surface area contributed by atoms with E-state index in [1.807, 2.05) is 0 Å². The van der Waals surface area contributed by atoms with E-state index in [-0.39, 0.29) is 12.2 Å². The van der Waals surface area contributed by atoms with Crippen LogP contribution in [0.25, 0.3) is 0 Å². The molecule has 1 aromatic carbocycles. The molecule has 0 radical (unpaired) electrons. The largest absolute Gasteiger partial charge is 0.322 e. The Labute approximate surface area is 112 Å². The van der Waals surface area contributed by atoms with Crippen molar-refractivity contribution in [2.24, 2.45) is 0 Å². The van der Waals surface area contributed by atoms with Crippen LogP contribution >= 0.6 is 0 Å². The number of halogens is 2. The van der Waals surface area contributed by atoms with Crippen molar-refractivity contribution in [1.29, 1.82) is 0 Å². The zero-order chi connectivity index (χ0) is 14.7. The number of nitrogens with zero attached hydrogens (tertiary/aromatic N) is 2. The van der Waals surface area contributed by atoms with Gasteiger partial charge in [-0.25, -0.2) is 13.8 Å². The molecular weight excluding hydrogens is 268 g/mol. The third-order valence-corrected chi connectivity index (χ3v) is 2.53. The van der Waals surface area contributed by atoms with Gasteiger partial charge in [0.2, 0.25) is 5.91 Å². The third-order valence-electron chi connectivity index (χ3n) is 2.53. The van der Waals surface area contributed by atoms with E-state index in [1.54, 1.807) is 6.92 Å². The van der Waals surface area contributed by atoms with Gasteiger partial charge in [-0.1, -0.05) is 0 Å². The first-order valence-electron chi connectivity index (χ1n) is 5.73. The summed E-state index contributed by atoms with van der Waals surface area (Å²) in [5, 5.41) is 2.20. The minimum atomic E-state index is -0.755. The minimum absolute atomic E-state index is 0.275. The highest BCUT2D eigenvalue weighted by Gasteiger charge is 2.09. The molecule has 0 fully saturated rings. The summed E-state index contributed by atoms with van der Waals surface area (Å²) in [6, 6.07) is 3.99. The van der Waals surface area contributed by atoms with Crippen LogP contribution in [0.2, 0.25) is 0 Å². The lowest BCUT2D eigenvalue weighted by atomic mass is 10.3. The molecule has 20 heavy (non-hydrogen) atoms. The molecule has 104 valence electrons. The molecule has 2 rings (SSSR count). The van der Waals surface area contributed by atoms with E-state index in [0.29, 0.717) is 5.69 Å². The maximum atomic E-state index is 13.3. The molecule has 0 atom stereocenters. The van der Waals surface area contributed by atoms with Crippen LogP contribution in [0.4, 0.5) is 14.5 Å². The maximum absolute atomic E-state index is 13.3. The zero-order valence-electron chi connectivity index (χ0n) is 10.6. The molecule has 0 aliphatic heterocycles. The Kier molecular flexibility index (Phi) is 3.88. The standard InChI is InChI=1S/C13H11F2N3O2/c1-8-4-13(20)18(7-16-8)6-12(19)17-11-5-9(14)2-3-10(11)15/h2-5,7H,6H2,1H3,(H,17,19). The number of carbonyl (C=O) groups is 1. The van der Waals surface area contributed by atoms with E-state index >= 15 is 0 Å². The SMILES string of the molecule is Cc1cc(=O)n(CC(=O)Nc2cc(F)ccc2F)cn1. The molecule has 0 bridgehead atoms. The van der Waals surface area contributed by atoms with E-state index in [1.165, 1.54) is 12.4 Å². The Morgan fingerprint density at radius 2 is 2.10 bits per heavy atom. The van der Waals surface area contributed by atoms with Gasteiger partial charge in [0, 0.05) is 17.8 Å². The molecule has 1 aromatic heterocycles. The number of rotatable bonds is 3. The molecular formula is C13H11F2N3O2. The Morgan fingerprint density at radius 3 is 2.80 bits per heavy atom. The zero-order valence-corrected chi connectivity index (χ0v) is 10.6. The summed E-state index contributed by atoms with van der Waals surface area (Å²) in [6.45, 7) is 1.32. The van der Waals surface area contributed by atoms with Gasteiger partial charge < -0.3 is 5.32 Å². The number of amides is 1. The maximum Gasteiger partial charge on any atom is 0.253 e. The van der Waals surface area contributed by atoms with Crippen molar-refractivity contribution < 1.29 is 13.6 Å². The monoisotopic (exact) mass is 279 g/mol. The molecule has 1 heterocycles. The van der Waals surface area contributed by atoms with Gasteiger partial charge in [-0.05, 0) is 19.1 Å². The van der Waals surface area contributed by atoms with Gasteiger partial charge in [-0.2, -0.15) is 0 Å². The Morgan fingerprint density at radius 1 is 1.35 bits per heavy atom. The number of benzene rings is 1. The van der Waals surface area contributed by atoms with E-state index in [9.17, 15) is 18.4 Å². The summed E-state index contributed by atoms with van der Waals surface area (Å²) in [5.41, 5.74) is -0.140. The summed E-state index contributed by atoms with van der Waals surface area (Å²) in [5.74, 6) is -2.08. The van der Waals surface area contributed by atoms with Crippen LogP contribution in [0, 0.1) is 18.6 Å². The lowest BCUT2D eigenvalue weighted by Gasteiger charge is -2.08. The first-order valence-corrected chi connectivity index (χ1v) is 5.73. The summed E-state index contributed by atoms with van der Waals surface area (Å²) < 4.78 is 27.4. The van der Waals surface area contributed by atoms with Crippen molar-refractivity contribution in [2.45, 2.75) is 13.5 Å². The third kappa shape index (κ3) is 3.25. The smallest absolute Gasteiger partial charge is 0.253 e. The topological polar surface area (TPSA) is 64.0 Å². The lowest BCUT2D eigenvalue weighted by molar-refractivity contribution is -0.116. The van der Waals surface area contributed by atoms with Crippen LogP contribution in [0.1, 0.15) is 5.69 Å². The summed E-state index contributed by atoms with van der Waals surface area (Å²) in [6.07, 6.45) is 1.22. The number of aromatic nitrogens is 2. The van der Waals surface area contributed by atoms with Crippen LogP contribution in [0.15, 0.2) is 35.4 Å². The van der Waals surface area contributed by atoms with Crippen molar-refractivity contribution >= 4 is 11.6 Å². The van der Waals surface area contributed by atoms with Crippen LogP contribution < -0.4 is 10.9 Å². The summed E-state index contributed by atoms with van der Waals surface area (Å²) >= 11 is 0. The van der Waals surface area contributed by atoms with Crippen molar-refractivity contribution in [3.8, 4) is 0 Å². The quantitative estimate of drug-likeness (QED) is 0.925. The van der Waals surface area contributed by atoms with Gasteiger partial charge in [0.05, 0.1) is 12.0 Å². The number of nitrogens with one attached hydrogen (secondary N) is 1. The van der Waals surface area contributed by atoms with Gasteiger partial charge in [0.25, 0.3) is 5.56 Å². The second-order valence-electron chi connectivity index (χ2n) is 4.17. The van der Waals surface area contributed by atoms with Crippen molar-refractivity contribution in [3.63, 3.8) is 0 Å². The van der Waals surface area contributed by atoms with Gasteiger partial charge in [0.1, 0.15) is 18.2 Å². The molecule has 0 aliphatic carbocycles. The summed E-state index contributed by atoms with van der Waals surface area (Å²) in [7, 11) is 0. The predicted octanol–water partition coefficient (Wildman–Crippen LogP) is 1.47. The highest BCUT2D eigenvalue weighted by atomic mass is 19.1. The van der Waals surface area contributed by atoms with E-state index in [4.69, 9.17) is 0 Å². The Bertz CT molecular complexity index is 713. The molecule has 2 aromatic rings. The van der Waals surface area contributed by atoms with E-state index in [0.717, 1.165) is 22.8 Å². The van der Waals surface area contributed by atoms with Crippen molar-refractivity contribution in [3.05, 3.63) is 58.3 Å². The Hall–Kier alpha value is -2.57. The molecule has 0 unspecified atom stereocenters. The second kappa shape index (κ2) is 5.60. The highest BCUT2D eigenvalue weighted by molar-refractivity contribution is 5.90. The minimum Gasteiger partial charge on any atom is -0.322 e. The molecule has 0 saturated heterocycles. The number of hydrogen-bond acceptors (Lipinski definition) is 3. The number of anilines is 1. The first-order chi connectivity index (χ1) is 9.45. The molecule has 5 nitrogen and oxygen atoms in total. The molecule has 0 spiro atoms. The lowest BCUT2D eigenvalue weighted by Crippen LogP contribution is -2.27. The Balaban J connectivity index is 2.13. The average molecular weight is 279 g/mol. The van der Waals surface area contributed by atoms with Crippen molar-refractivity contribution in [2.75, 3.05) is 5.32 Å². The average Bonchev–Trinajstić information content (AvgIpc) is 2.37. The van der Waals surface area contributed by atoms with Crippen LogP contribution in [-0.2, 0) is 11.3 Å². The molecule has 1 amide bonds. The first kappa shape index (κ1) is 13.9. The second-order valence-corrected chi connectivity index (χ2v) is 4.17. The number of hydrogen-bond donors (Lipinski definition) is 1. The van der Waals surface area contributed by atoms with Crippen molar-refractivity contribution in [1.82, 2.24) is 9.55 Å². The molecule has 1 N–H and O–H groups in total. The summed E-state index contributed by atoms with van der Waals surface area (Å²) in [4.78, 5) is 27.1. The fourth-order valence-corrected chi connectivity index (χ4v) is 1.57. The van der Waals surface area contributed by atoms with Crippen LogP contribution in [0.3, 0.4) is 0 Å². The molecule has 7 heteroatoms. The van der Waals surface area contributed by atoms with Gasteiger partial charge >= 0.3 is 0 Å². The van der Waals surface area contributed by atoms with Gasteiger partial charge in [-0.3, -0.25) is 14.2 Å². The van der Waals surface area contributed by atoms with Gasteiger partial charge in [0.15, 0.2) is 0 Å². The van der Waals surface area contributed by atoms with Gasteiger partial charge in [-0.15, -0.1) is 0 Å². The highest BCUT2D eigenvalue weighted by Crippen LogP contribution is 2.15. The van der Waals surface area contributed by atoms with Crippen LogP contribution in [-0.4, -0.2) is 15.5 Å². The number of aryl methyl sites for hydroxylation is 1. The molecule has 0 aliphatic rings. The normalized spacial score (nSPS) is 10.3. The fourth-order valence-electron chi connectivity index (χ4n) is 1.57. The van der Waals surface area contributed by atoms with E-state index < -0.39 is 23.1 Å². The number of carbonyl (C=O) groups excluding carboxylic acids is 1. The van der Waals surface area contributed by atoms with Crippen LogP contribution in [0.5, 0.6) is 0 Å². The molecule has 0 saturated carbocycles. The fraction of sp³-hybridized carbons (Fsp3) is 0.154.